The number of esters is 1. The number of benzene rings is 1. The van der Waals surface area contributed by atoms with E-state index >= 15 is 0 Å². The maximum atomic E-state index is 12.9. The Morgan fingerprint density at radius 1 is 1.17 bits per heavy atom. The highest BCUT2D eigenvalue weighted by molar-refractivity contribution is 7.17. The van der Waals surface area contributed by atoms with Gasteiger partial charge >= 0.3 is 5.97 Å². The van der Waals surface area contributed by atoms with Crippen molar-refractivity contribution < 1.29 is 14.3 Å². The second kappa shape index (κ2) is 8.31. The van der Waals surface area contributed by atoms with Gasteiger partial charge in [-0.05, 0) is 67.7 Å². The summed E-state index contributed by atoms with van der Waals surface area (Å²) in [5.41, 5.74) is 3.39. The van der Waals surface area contributed by atoms with Crippen LogP contribution in [0.3, 0.4) is 0 Å². The summed E-state index contributed by atoms with van der Waals surface area (Å²) in [6.45, 7) is 12.3. The molecule has 3 rings (SSSR count). The highest BCUT2D eigenvalue weighted by Crippen LogP contribution is 2.40. The average molecular weight is 414 g/mol. The number of thiophene rings is 1. The Hall–Kier alpha value is -2.14. The van der Waals surface area contributed by atoms with Gasteiger partial charge in [0.05, 0.1) is 11.7 Å². The van der Waals surface area contributed by atoms with E-state index in [9.17, 15) is 9.59 Å². The third-order valence-electron chi connectivity index (χ3n) is 5.30. The van der Waals surface area contributed by atoms with Crippen LogP contribution in [0.25, 0.3) is 0 Å². The number of ether oxygens (including phenoxy) is 1. The zero-order chi connectivity index (χ0) is 21.3. The molecule has 1 aromatic heterocycles. The first-order valence-electron chi connectivity index (χ1n) is 10.3. The van der Waals surface area contributed by atoms with E-state index in [0.29, 0.717) is 22.0 Å². The third kappa shape index (κ3) is 4.89. The van der Waals surface area contributed by atoms with Crippen LogP contribution < -0.4 is 5.32 Å². The van der Waals surface area contributed by atoms with Crippen LogP contribution in [-0.2, 0) is 23.0 Å². The first-order valence-corrected chi connectivity index (χ1v) is 11.1. The van der Waals surface area contributed by atoms with Crippen LogP contribution >= 0.6 is 11.3 Å². The molecule has 1 aliphatic carbocycles. The Bertz CT molecular complexity index is 903. The average Bonchev–Trinajstić information content (AvgIpc) is 2.97. The molecule has 4 nitrogen and oxygen atoms in total. The molecule has 29 heavy (non-hydrogen) atoms. The summed E-state index contributed by atoms with van der Waals surface area (Å²) in [4.78, 5) is 26.9. The molecular weight excluding hydrogens is 382 g/mol. The Labute approximate surface area is 177 Å². The molecule has 1 aliphatic rings. The zero-order valence-corrected chi connectivity index (χ0v) is 19.0. The van der Waals surface area contributed by atoms with Crippen LogP contribution in [0, 0.1) is 5.92 Å². The monoisotopic (exact) mass is 413 g/mol. The fourth-order valence-electron chi connectivity index (χ4n) is 3.62. The molecule has 1 aromatic carbocycles. The summed E-state index contributed by atoms with van der Waals surface area (Å²) in [7, 11) is 0. The summed E-state index contributed by atoms with van der Waals surface area (Å²) >= 11 is 1.52. The van der Waals surface area contributed by atoms with Crippen LogP contribution in [0.4, 0.5) is 5.00 Å². The topological polar surface area (TPSA) is 55.4 Å². The predicted molar refractivity (Wildman–Crippen MR) is 119 cm³/mol. The fourth-order valence-corrected chi connectivity index (χ4v) is 5.02. The van der Waals surface area contributed by atoms with Crippen molar-refractivity contribution in [1.29, 1.82) is 0 Å². The lowest BCUT2D eigenvalue weighted by atomic mass is 9.86. The van der Waals surface area contributed by atoms with Gasteiger partial charge in [0.15, 0.2) is 0 Å². The summed E-state index contributed by atoms with van der Waals surface area (Å²) in [6.07, 6.45) is 2.64. The maximum absolute atomic E-state index is 12.9. The van der Waals surface area contributed by atoms with E-state index in [4.69, 9.17) is 4.74 Å². The molecule has 0 unspecified atom stereocenters. The Balaban J connectivity index is 1.89. The molecule has 0 aliphatic heterocycles. The summed E-state index contributed by atoms with van der Waals surface area (Å²) < 4.78 is 5.49. The van der Waals surface area contributed by atoms with Crippen LogP contribution in [0.15, 0.2) is 24.3 Å². The van der Waals surface area contributed by atoms with Crippen molar-refractivity contribution >= 4 is 28.2 Å². The highest BCUT2D eigenvalue weighted by Gasteiger charge is 2.29. The molecule has 0 spiro atoms. The van der Waals surface area contributed by atoms with Crippen LogP contribution in [0.5, 0.6) is 0 Å². The molecule has 1 N–H and O–H groups in total. The smallest absolute Gasteiger partial charge is 0.341 e. The SMILES string of the molecule is CC(C)OC(=O)c1c(NC(=O)c2ccc(C(C)(C)C)cc2)sc2c1CC[C@@H](C)C2. The number of hydrogen-bond donors (Lipinski definition) is 1. The van der Waals surface area contributed by atoms with Crippen molar-refractivity contribution in [2.24, 2.45) is 5.92 Å². The van der Waals surface area contributed by atoms with Gasteiger partial charge in [-0.25, -0.2) is 4.79 Å². The third-order valence-corrected chi connectivity index (χ3v) is 6.47. The molecule has 0 bridgehead atoms. The molecule has 0 fully saturated rings. The number of rotatable bonds is 4. The predicted octanol–water partition coefficient (Wildman–Crippen LogP) is 5.99. The van der Waals surface area contributed by atoms with Gasteiger partial charge in [0.2, 0.25) is 0 Å². The normalized spacial score (nSPS) is 16.4. The van der Waals surface area contributed by atoms with Gasteiger partial charge in [0.1, 0.15) is 5.00 Å². The number of carbonyl (C=O) groups excluding carboxylic acids is 2. The molecule has 0 saturated heterocycles. The molecule has 0 saturated carbocycles. The molecule has 1 heterocycles. The van der Waals surface area contributed by atoms with Crippen LogP contribution in [0.2, 0.25) is 0 Å². The minimum atomic E-state index is -0.342. The lowest BCUT2D eigenvalue weighted by Gasteiger charge is -2.19. The minimum absolute atomic E-state index is 0.0340. The van der Waals surface area contributed by atoms with E-state index in [2.05, 4.69) is 33.0 Å². The Morgan fingerprint density at radius 3 is 2.41 bits per heavy atom. The van der Waals surface area contributed by atoms with E-state index in [0.717, 1.165) is 24.8 Å². The number of carbonyl (C=O) groups is 2. The van der Waals surface area contributed by atoms with E-state index in [1.807, 2.05) is 38.1 Å². The summed E-state index contributed by atoms with van der Waals surface area (Å²) in [5, 5.41) is 3.60. The number of fused-ring (bicyclic) bond motifs is 1. The van der Waals surface area contributed by atoms with Crippen molar-refractivity contribution in [3.63, 3.8) is 0 Å². The fraction of sp³-hybridized carbons (Fsp3) is 0.500. The lowest BCUT2D eigenvalue weighted by Crippen LogP contribution is -2.19. The highest BCUT2D eigenvalue weighted by atomic mass is 32.1. The number of anilines is 1. The first-order chi connectivity index (χ1) is 13.6. The van der Waals surface area contributed by atoms with E-state index in [1.165, 1.54) is 21.8 Å². The van der Waals surface area contributed by atoms with E-state index in [-0.39, 0.29) is 23.4 Å². The molecule has 1 atom stereocenters. The standard InChI is InChI=1S/C24H31NO3S/c1-14(2)28-23(27)20-18-12-7-15(3)13-19(18)29-22(20)25-21(26)16-8-10-17(11-9-16)24(4,5)6/h8-11,14-15H,7,12-13H2,1-6H3,(H,25,26)/t15-/m1/s1. The van der Waals surface area contributed by atoms with Crippen molar-refractivity contribution in [2.45, 2.75) is 72.3 Å². The molecule has 0 radical (unpaired) electrons. The van der Waals surface area contributed by atoms with Crippen molar-refractivity contribution in [3.05, 3.63) is 51.4 Å². The Kier molecular flexibility index (Phi) is 6.18. The second-order valence-electron chi connectivity index (χ2n) is 9.29. The number of amides is 1. The largest absolute Gasteiger partial charge is 0.459 e. The number of nitrogens with one attached hydrogen (secondary N) is 1. The molecular formula is C24H31NO3S. The van der Waals surface area contributed by atoms with Gasteiger partial charge in [0.25, 0.3) is 5.91 Å². The first kappa shape index (κ1) is 21.6. The van der Waals surface area contributed by atoms with E-state index < -0.39 is 0 Å². The molecule has 156 valence electrons. The van der Waals surface area contributed by atoms with Gasteiger partial charge in [-0.3, -0.25) is 4.79 Å². The van der Waals surface area contributed by atoms with Gasteiger partial charge in [-0.1, -0.05) is 39.8 Å². The minimum Gasteiger partial charge on any atom is -0.459 e. The summed E-state index contributed by atoms with van der Waals surface area (Å²) in [5.74, 6) is 0.0461. The van der Waals surface area contributed by atoms with Crippen LogP contribution in [0.1, 0.15) is 84.7 Å². The van der Waals surface area contributed by atoms with Crippen molar-refractivity contribution in [3.8, 4) is 0 Å². The van der Waals surface area contributed by atoms with Gasteiger partial charge in [-0.15, -0.1) is 11.3 Å². The lowest BCUT2D eigenvalue weighted by molar-refractivity contribution is 0.0378. The maximum Gasteiger partial charge on any atom is 0.341 e. The quantitative estimate of drug-likeness (QED) is 0.627. The van der Waals surface area contributed by atoms with Crippen molar-refractivity contribution in [2.75, 3.05) is 5.32 Å². The summed E-state index contributed by atoms with van der Waals surface area (Å²) in [6, 6.07) is 7.67. The zero-order valence-electron chi connectivity index (χ0n) is 18.2. The number of hydrogen-bond acceptors (Lipinski definition) is 4. The Morgan fingerprint density at radius 2 is 1.83 bits per heavy atom. The van der Waals surface area contributed by atoms with Crippen LogP contribution in [-0.4, -0.2) is 18.0 Å². The second-order valence-corrected chi connectivity index (χ2v) is 10.4. The molecule has 2 aromatic rings. The molecule has 5 heteroatoms. The molecule has 1 amide bonds. The van der Waals surface area contributed by atoms with Gasteiger partial charge < -0.3 is 10.1 Å². The van der Waals surface area contributed by atoms with Gasteiger partial charge in [0, 0.05) is 10.4 Å². The van der Waals surface area contributed by atoms with Gasteiger partial charge in [-0.2, -0.15) is 0 Å². The van der Waals surface area contributed by atoms with Crippen molar-refractivity contribution in [1.82, 2.24) is 0 Å². The van der Waals surface area contributed by atoms with E-state index in [1.54, 1.807) is 0 Å².